The Morgan fingerprint density at radius 1 is 0.974 bits per heavy atom. The van der Waals surface area contributed by atoms with Gasteiger partial charge in [-0.15, -0.1) is 0 Å². The van der Waals surface area contributed by atoms with Crippen LogP contribution >= 0.6 is 0 Å². The lowest BCUT2D eigenvalue weighted by Crippen LogP contribution is -2.41. The lowest BCUT2D eigenvalue weighted by Gasteiger charge is -2.40. The fourth-order valence-electron chi connectivity index (χ4n) is 4.91. The summed E-state index contributed by atoms with van der Waals surface area (Å²) in [7, 11) is 0. The molecular weight excluding hydrogens is 483 g/mol. The number of likely N-dealkylation sites (tertiary alicyclic amines) is 1. The van der Waals surface area contributed by atoms with E-state index >= 15 is 0 Å². The van der Waals surface area contributed by atoms with Crippen LogP contribution in [0.5, 0.6) is 11.5 Å². The van der Waals surface area contributed by atoms with Crippen LogP contribution in [0.15, 0.2) is 60.7 Å². The molecule has 1 saturated heterocycles. The number of carbonyl (C=O) groups is 1. The van der Waals surface area contributed by atoms with Gasteiger partial charge in [0, 0.05) is 18.8 Å². The number of hydrogen-bond acceptors (Lipinski definition) is 5. The van der Waals surface area contributed by atoms with E-state index in [-0.39, 0.29) is 11.2 Å². The quantitative estimate of drug-likeness (QED) is 0.293. The van der Waals surface area contributed by atoms with Crippen molar-refractivity contribution in [3.05, 3.63) is 77.6 Å². The summed E-state index contributed by atoms with van der Waals surface area (Å²) in [5.41, 5.74) is 4.23. The number of anilines is 1. The minimum Gasteiger partial charge on any atom is -0.493 e. The summed E-state index contributed by atoms with van der Waals surface area (Å²) in [4.78, 5) is 13.5. The summed E-state index contributed by atoms with van der Waals surface area (Å²) < 4.78 is 25.6. The van der Waals surface area contributed by atoms with E-state index in [0.29, 0.717) is 18.8 Å². The Morgan fingerprint density at radius 3 is 2.08 bits per heavy atom. The molecule has 2 N–H and O–H groups in total. The molecule has 0 atom stereocenters. The van der Waals surface area contributed by atoms with Gasteiger partial charge in [0.25, 0.3) is 0 Å². The minimum atomic E-state index is -0.914. The lowest BCUT2D eigenvalue weighted by atomic mass is 9.80. The number of piperidine rings is 1. The number of benzene rings is 3. The van der Waals surface area contributed by atoms with Crippen molar-refractivity contribution in [3.63, 3.8) is 0 Å². The van der Waals surface area contributed by atoms with Crippen LogP contribution in [0.25, 0.3) is 11.1 Å². The minimum absolute atomic E-state index is 0.154. The first kappa shape index (κ1) is 27.5. The first-order valence-electron chi connectivity index (χ1n) is 13.3. The second-order valence-corrected chi connectivity index (χ2v) is 10.2. The van der Waals surface area contributed by atoms with Gasteiger partial charge in [-0.25, -0.2) is 9.18 Å². The van der Waals surface area contributed by atoms with Crippen LogP contribution in [0.2, 0.25) is 0 Å². The number of nitrogens with zero attached hydrogens (tertiary/aromatic N) is 1. The second kappa shape index (κ2) is 12.3. The smallest absolute Gasteiger partial charge is 0.335 e. The molecule has 38 heavy (non-hydrogen) atoms. The van der Waals surface area contributed by atoms with Crippen LogP contribution in [-0.4, -0.2) is 48.8 Å². The molecule has 1 heterocycles. The Balaban J connectivity index is 1.42. The van der Waals surface area contributed by atoms with Gasteiger partial charge in [0.05, 0.1) is 24.3 Å². The monoisotopic (exact) mass is 520 g/mol. The van der Waals surface area contributed by atoms with Crippen molar-refractivity contribution < 1.29 is 23.8 Å². The number of rotatable bonds is 11. The van der Waals surface area contributed by atoms with Gasteiger partial charge in [-0.1, -0.05) is 19.1 Å². The first-order chi connectivity index (χ1) is 18.3. The van der Waals surface area contributed by atoms with E-state index < -0.39 is 5.97 Å². The molecule has 202 valence electrons. The third-order valence-corrected chi connectivity index (χ3v) is 7.18. The normalized spacial score (nSPS) is 15.2. The third kappa shape index (κ3) is 6.84. The molecule has 7 heteroatoms. The predicted octanol–water partition coefficient (Wildman–Crippen LogP) is 6.70. The number of carboxylic acid groups (broad SMARTS) is 1. The number of hydrogen-bond donors (Lipinski definition) is 2. The molecule has 0 aliphatic carbocycles. The van der Waals surface area contributed by atoms with Gasteiger partial charge < -0.3 is 19.9 Å². The summed E-state index contributed by atoms with van der Waals surface area (Å²) in [6, 6.07) is 17.5. The Kier molecular flexibility index (Phi) is 8.89. The van der Waals surface area contributed by atoms with E-state index in [9.17, 15) is 9.18 Å². The van der Waals surface area contributed by atoms with Crippen LogP contribution in [0, 0.1) is 11.2 Å². The highest BCUT2D eigenvalue weighted by molar-refractivity contribution is 5.88. The number of aromatic carboxylic acids is 1. The number of ether oxygens (including phenoxy) is 2. The van der Waals surface area contributed by atoms with Crippen molar-refractivity contribution >= 4 is 11.7 Å². The van der Waals surface area contributed by atoms with Gasteiger partial charge in [-0.2, -0.15) is 0 Å². The van der Waals surface area contributed by atoms with Crippen molar-refractivity contribution in [2.75, 3.05) is 38.2 Å². The average molecular weight is 521 g/mol. The Labute approximate surface area is 224 Å². The molecule has 0 unspecified atom stereocenters. The highest BCUT2D eigenvalue weighted by Gasteiger charge is 2.30. The number of carboxylic acids is 1. The van der Waals surface area contributed by atoms with Gasteiger partial charge in [-0.3, -0.25) is 4.90 Å². The highest BCUT2D eigenvalue weighted by atomic mass is 19.1. The molecule has 3 aromatic carbocycles. The molecule has 1 aliphatic rings. The zero-order valence-electron chi connectivity index (χ0n) is 22.4. The summed E-state index contributed by atoms with van der Waals surface area (Å²) in [6.45, 7) is 10.9. The molecule has 1 fully saturated rings. The molecule has 0 aromatic heterocycles. The molecule has 6 nitrogen and oxygen atoms in total. The van der Waals surface area contributed by atoms with Gasteiger partial charge in [0.15, 0.2) is 0 Å². The lowest BCUT2D eigenvalue weighted by molar-refractivity contribution is 0.0697. The van der Waals surface area contributed by atoms with Crippen molar-refractivity contribution in [1.82, 2.24) is 4.90 Å². The van der Waals surface area contributed by atoms with Crippen LogP contribution < -0.4 is 14.8 Å². The Hall–Kier alpha value is -3.58. The van der Waals surface area contributed by atoms with Gasteiger partial charge in [-0.05, 0) is 105 Å². The molecule has 0 bridgehead atoms. The topological polar surface area (TPSA) is 71.0 Å². The molecule has 1 aliphatic heterocycles. The number of nitrogens with one attached hydrogen (secondary N) is 1. The fourth-order valence-corrected chi connectivity index (χ4v) is 4.91. The van der Waals surface area contributed by atoms with E-state index in [1.165, 1.54) is 12.1 Å². The van der Waals surface area contributed by atoms with Crippen LogP contribution in [0.1, 0.15) is 49.5 Å². The fraction of sp³-hybridized carbons (Fsp3) is 0.387. The highest BCUT2D eigenvalue weighted by Crippen LogP contribution is 2.41. The van der Waals surface area contributed by atoms with E-state index in [0.717, 1.165) is 72.9 Å². The van der Waals surface area contributed by atoms with Crippen molar-refractivity contribution in [2.45, 2.75) is 40.2 Å². The maximum Gasteiger partial charge on any atom is 0.335 e. The molecule has 0 spiro atoms. The zero-order chi connectivity index (χ0) is 27.1. The maximum absolute atomic E-state index is 13.6. The van der Waals surface area contributed by atoms with E-state index in [2.05, 4.69) is 29.3 Å². The molecule has 0 amide bonds. The second-order valence-electron chi connectivity index (χ2n) is 10.2. The van der Waals surface area contributed by atoms with Gasteiger partial charge >= 0.3 is 5.97 Å². The van der Waals surface area contributed by atoms with Crippen molar-refractivity contribution in [1.29, 1.82) is 0 Å². The van der Waals surface area contributed by atoms with Crippen LogP contribution in [-0.2, 0) is 6.54 Å². The first-order valence-corrected chi connectivity index (χ1v) is 13.3. The summed E-state index contributed by atoms with van der Waals surface area (Å²) in [5, 5.41) is 12.6. The zero-order valence-corrected chi connectivity index (χ0v) is 22.4. The van der Waals surface area contributed by atoms with E-state index in [1.54, 1.807) is 24.3 Å². The largest absolute Gasteiger partial charge is 0.493 e. The van der Waals surface area contributed by atoms with Gasteiger partial charge in [0.2, 0.25) is 0 Å². The molecule has 0 radical (unpaired) electrons. The maximum atomic E-state index is 13.6. The van der Waals surface area contributed by atoms with E-state index in [1.807, 2.05) is 26.0 Å². The summed E-state index contributed by atoms with van der Waals surface area (Å²) in [5.74, 6) is 0.312. The van der Waals surface area contributed by atoms with Crippen molar-refractivity contribution in [2.24, 2.45) is 5.41 Å². The number of halogens is 1. The Morgan fingerprint density at radius 2 is 1.55 bits per heavy atom. The van der Waals surface area contributed by atoms with Crippen molar-refractivity contribution in [3.8, 4) is 22.6 Å². The standard InChI is InChI=1S/C31H37FN2O4/c1-4-37-27-18-22(19-28(38-5-2)29(27)23-6-10-25(32)11-7-23)20-34-16-14-31(3,15-17-34)21-33-26-12-8-24(9-13-26)30(35)36/h6-13,18-19,33H,4-5,14-17,20-21H2,1-3H3,(H,35,36). The average Bonchev–Trinajstić information content (AvgIpc) is 2.90. The van der Waals surface area contributed by atoms with Crippen LogP contribution in [0.4, 0.5) is 10.1 Å². The summed E-state index contributed by atoms with van der Waals surface area (Å²) in [6.07, 6.45) is 2.11. The summed E-state index contributed by atoms with van der Waals surface area (Å²) >= 11 is 0. The predicted molar refractivity (Wildman–Crippen MR) is 149 cm³/mol. The molecule has 0 saturated carbocycles. The molecule has 4 rings (SSSR count). The SMILES string of the molecule is CCOc1cc(CN2CCC(C)(CNc3ccc(C(=O)O)cc3)CC2)cc(OCC)c1-c1ccc(F)cc1. The molecule has 3 aromatic rings. The third-order valence-electron chi connectivity index (χ3n) is 7.18. The van der Waals surface area contributed by atoms with Gasteiger partial charge in [0.1, 0.15) is 17.3 Å². The molecular formula is C31H37FN2O4. The van der Waals surface area contributed by atoms with Crippen LogP contribution in [0.3, 0.4) is 0 Å². The Bertz CT molecular complexity index is 1190. The van der Waals surface area contributed by atoms with E-state index in [4.69, 9.17) is 14.6 Å².